The van der Waals surface area contributed by atoms with Crippen LogP contribution in [-0.2, 0) is 7.05 Å². The zero-order valence-electron chi connectivity index (χ0n) is 14.5. The number of fused-ring (bicyclic) bond motifs is 1. The van der Waals surface area contributed by atoms with E-state index < -0.39 is 5.97 Å². The van der Waals surface area contributed by atoms with Gasteiger partial charge in [-0.15, -0.1) is 0 Å². The molecule has 0 aliphatic carbocycles. The summed E-state index contributed by atoms with van der Waals surface area (Å²) in [7, 11) is 1.53. The van der Waals surface area contributed by atoms with Crippen LogP contribution in [0.5, 0.6) is 5.75 Å². The average molecular weight is 336 g/mol. The topological polar surface area (TPSA) is 61.2 Å². The van der Waals surface area contributed by atoms with Gasteiger partial charge in [-0.25, -0.2) is 9.48 Å². The van der Waals surface area contributed by atoms with E-state index in [9.17, 15) is 9.59 Å². The highest BCUT2D eigenvalue weighted by molar-refractivity contribution is 6.02. The molecule has 0 fully saturated rings. The van der Waals surface area contributed by atoms with Crippen LogP contribution in [0.25, 0.3) is 10.8 Å². The minimum absolute atomic E-state index is 0.136. The molecule has 0 bridgehead atoms. The highest BCUT2D eigenvalue weighted by atomic mass is 16.5. The number of carbonyl (C=O) groups is 1. The normalized spacial score (nSPS) is 12.1. The zero-order valence-corrected chi connectivity index (χ0v) is 14.5. The van der Waals surface area contributed by atoms with Crippen molar-refractivity contribution in [2.75, 3.05) is 0 Å². The van der Waals surface area contributed by atoms with Crippen LogP contribution in [0.2, 0.25) is 0 Å². The molecule has 5 nitrogen and oxygen atoms in total. The number of aromatic nitrogens is 2. The van der Waals surface area contributed by atoms with E-state index in [-0.39, 0.29) is 17.2 Å². The van der Waals surface area contributed by atoms with E-state index in [4.69, 9.17) is 4.74 Å². The average Bonchev–Trinajstić information content (AvgIpc) is 2.64. The second kappa shape index (κ2) is 6.89. The minimum atomic E-state index is -0.567. The number of aryl methyl sites for hydroxylation is 1. The van der Waals surface area contributed by atoms with Gasteiger partial charge in [-0.2, -0.15) is 5.10 Å². The number of esters is 1. The van der Waals surface area contributed by atoms with Gasteiger partial charge in [0.05, 0.1) is 5.39 Å². The van der Waals surface area contributed by atoms with Crippen molar-refractivity contribution in [2.24, 2.45) is 7.05 Å². The predicted octanol–water partition coefficient (Wildman–Crippen LogP) is 3.67. The van der Waals surface area contributed by atoms with E-state index in [1.165, 1.54) is 11.7 Å². The first-order valence-corrected chi connectivity index (χ1v) is 8.30. The van der Waals surface area contributed by atoms with Gasteiger partial charge in [0.2, 0.25) is 0 Å². The highest BCUT2D eigenvalue weighted by Gasteiger charge is 2.19. The van der Waals surface area contributed by atoms with Gasteiger partial charge in [0, 0.05) is 12.4 Å². The quantitative estimate of drug-likeness (QED) is 0.539. The Hall–Kier alpha value is -2.95. The van der Waals surface area contributed by atoms with Crippen molar-refractivity contribution in [2.45, 2.75) is 26.2 Å². The van der Waals surface area contributed by atoms with Crippen molar-refractivity contribution in [3.8, 4) is 5.75 Å². The van der Waals surface area contributed by atoms with Gasteiger partial charge in [-0.05, 0) is 30.0 Å². The molecule has 3 aromatic rings. The van der Waals surface area contributed by atoms with Crippen molar-refractivity contribution in [1.82, 2.24) is 9.78 Å². The number of hydrogen-bond acceptors (Lipinski definition) is 4. The molecule has 0 spiro atoms. The van der Waals surface area contributed by atoms with Gasteiger partial charge in [-0.1, -0.05) is 50.2 Å². The van der Waals surface area contributed by atoms with Crippen molar-refractivity contribution >= 4 is 16.7 Å². The smallest absolute Gasteiger partial charge is 0.364 e. The van der Waals surface area contributed by atoms with Crippen LogP contribution in [0.3, 0.4) is 0 Å². The summed E-state index contributed by atoms with van der Waals surface area (Å²) < 4.78 is 6.81. The van der Waals surface area contributed by atoms with Crippen LogP contribution in [0.4, 0.5) is 0 Å². The number of para-hydroxylation sites is 1. The molecule has 0 amide bonds. The Morgan fingerprint density at radius 2 is 1.76 bits per heavy atom. The number of hydrogen-bond donors (Lipinski definition) is 0. The lowest BCUT2D eigenvalue weighted by Gasteiger charge is -2.15. The molecular formula is C20H20N2O3. The Labute approximate surface area is 145 Å². The molecule has 0 saturated heterocycles. The van der Waals surface area contributed by atoms with Gasteiger partial charge >= 0.3 is 5.97 Å². The Morgan fingerprint density at radius 3 is 2.48 bits per heavy atom. The molecule has 0 aliphatic heterocycles. The maximum Gasteiger partial charge on any atom is 0.364 e. The molecule has 1 heterocycles. The number of nitrogens with zero attached hydrogens (tertiary/aromatic N) is 2. The van der Waals surface area contributed by atoms with Crippen LogP contribution in [-0.4, -0.2) is 15.7 Å². The Morgan fingerprint density at radius 1 is 1.12 bits per heavy atom. The molecule has 1 atom stereocenters. The standard InChI is InChI=1S/C20H20N2O3/c1-4-13(2)14-9-7-8-12-17(14)25-20(24)18-15-10-5-6-11-16(15)19(23)22(3)21-18/h5-13H,4H2,1-3H3. The molecule has 3 rings (SSSR count). The summed E-state index contributed by atoms with van der Waals surface area (Å²) >= 11 is 0. The van der Waals surface area contributed by atoms with Crippen molar-refractivity contribution in [3.63, 3.8) is 0 Å². The Balaban J connectivity index is 2.05. The minimum Gasteiger partial charge on any atom is -0.421 e. The fraction of sp³-hybridized carbons (Fsp3) is 0.250. The monoisotopic (exact) mass is 336 g/mol. The number of ether oxygens (including phenoxy) is 1. The lowest BCUT2D eigenvalue weighted by molar-refractivity contribution is 0.0726. The van der Waals surface area contributed by atoms with Gasteiger partial charge in [0.15, 0.2) is 5.69 Å². The van der Waals surface area contributed by atoms with E-state index in [2.05, 4.69) is 18.9 Å². The van der Waals surface area contributed by atoms with Crippen LogP contribution < -0.4 is 10.3 Å². The number of rotatable bonds is 4. The molecule has 1 aromatic heterocycles. The van der Waals surface area contributed by atoms with Crippen LogP contribution in [0.1, 0.15) is 42.2 Å². The van der Waals surface area contributed by atoms with Crippen LogP contribution in [0, 0.1) is 0 Å². The van der Waals surface area contributed by atoms with Gasteiger partial charge in [0.1, 0.15) is 5.75 Å². The van der Waals surface area contributed by atoms with Crippen molar-refractivity contribution in [1.29, 1.82) is 0 Å². The van der Waals surface area contributed by atoms with Gasteiger partial charge in [-0.3, -0.25) is 4.79 Å². The first-order chi connectivity index (χ1) is 12.0. The fourth-order valence-corrected chi connectivity index (χ4v) is 2.80. The summed E-state index contributed by atoms with van der Waals surface area (Å²) in [6.07, 6.45) is 0.940. The zero-order chi connectivity index (χ0) is 18.0. The van der Waals surface area contributed by atoms with Crippen LogP contribution >= 0.6 is 0 Å². The molecule has 128 valence electrons. The predicted molar refractivity (Wildman–Crippen MR) is 97.1 cm³/mol. The summed E-state index contributed by atoms with van der Waals surface area (Å²) in [6, 6.07) is 14.4. The fourth-order valence-electron chi connectivity index (χ4n) is 2.80. The molecule has 0 saturated carbocycles. The van der Waals surface area contributed by atoms with Crippen LogP contribution in [0.15, 0.2) is 53.3 Å². The molecule has 25 heavy (non-hydrogen) atoms. The van der Waals surface area contributed by atoms with E-state index in [0.717, 1.165) is 12.0 Å². The second-order valence-electron chi connectivity index (χ2n) is 6.06. The van der Waals surface area contributed by atoms with E-state index >= 15 is 0 Å². The Kier molecular flexibility index (Phi) is 4.65. The van der Waals surface area contributed by atoms with E-state index in [1.54, 1.807) is 30.3 Å². The van der Waals surface area contributed by atoms with Crippen molar-refractivity contribution in [3.05, 3.63) is 70.1 Å². The summed E-state index contributed by atoms with van der Waals surface area (Å²) in [5.41, 5.74) is 0.872. The molecule has 1 unspecified atom stereocenters. The first kappa shape index (κ1) is 16.9. The van der Waals surface area contributed by atoms with E-state index in [1.807, 2.05) is 18.2 Å². The largest absolute Gasteiger partial charge is 0.421 e. The van der Waals surface area contributed by atoms with Gasteiger partial charge in [0.25, 0.3) is 5.56 Å². The van der Waals surface area contributed by atoms with E-state index in [0.29, 0.717) is 16.5 Å². The lowest BCUT2D eigenvalue weighted by Crippen LogP contribution is -2.24. The molecule has 0 N–H and O–H groups in total. The summed E-state index contributed by atoms with van der Waals surface area (Å²) in [5.74, 6) is 0.234. The second-order valence-corrected chi connectivity index (χ2v) is 6.06. The summed E-state index contributed by atoms with van der Waals surface area (Å²) in [4.78, 5) is 24.9. The highest BCUT2D eigenvalue weighted by Crippen LogP contribution is 2.29. The molecule has 5 heteroatoms. The maximum atomic E-state index is 12.8. The maximum absolute atomic E-state index is 12.8. The number of benzene rings is 2. The molecule has 2 aromatic carbocycles. The van der Waals surface area contributed by atoms with Crippen molar-refractivity contribution < 1.29 is 9.53 Å². The summed E-state index contributed by atoms with van der Waals surface area (Å²) in [6.45, 7) is 4.18. The lowest BCUT2D eigenvalue weighted by atomic mass is 9.98. The molecule has 0 radical (unpaired) electrons. The third-order valence-corrected chi connectivity index (χ3v) is 4.41. The third kappa shape index (κ3) is 3.18. The van der Waals surface area contributed by atoms with Gasteiger partial charge < -0.3 is 4.74 Å². The summed E-state index contributed by atoms with van der Waals surface area (Å²) in [5, 5.41) is 5.06. The first-order valence-electron chi connectivity index (χ1n) is 8.30. The molecular weight excluding hydrogens is 316 g/mol. The SMILES string of the molecule is CCC(C)c1ccccc1OC(=O)c1nn(C)c(=O)c2ccccc12. The Bertz CT molecular complexity index is 992. The number of carbonyl (C=O) groups excluding carboxylic acids is 1. The molecule has 0 aliphatic rings. The third-order valence-electron chi connectivity index (χ3n) is 4.41.